The maximum Gasteiger partial charge on any atom is 0.239 e. The highest BCUT2D eigenvalue weighted by Gasteiger charge is 2.22. The number of rotatable bonds is 5. The SMILES string of the molecule is COc1ccc(N2CCCN(CC(=O)Nc3sc4c(c3C#N)CCCCC4)CC2)cc1. The molecular formula is C24H30N4O2S. The average molecular weight is 439 g/mol. The maximum atomic E-state index is 12.8. The van der Waals surface area contributed by atoms with Gasteiger partial charge in [-0.2, -0.15) is 5.26 Å². The fourth-order valence-electron chi connectivity index (χ4n) is 4.50. The highest BCUT2D eigenvalue weighted by atomic mass is 32.1. The van der Waals surface area contributed by atoms with Crippen molar-refractivity contribution >= 4 is 27.9 Å². The zero-order chi connectivity index (χ0) is 21.6. The highest BCUT2D eigenvalue weighted by Crippen LogP contribution is 2.37. The number of amides is 1. The Morgan fingerprint density at radius 2 is 1.90 bits per heavy atom. The standard InChI is InChI=1S/C24H30N4O2S/c1-30-19-10-8-18(9-11-19)28-13-5-12-27(14-15-28)17-23(29)26-24-21(16-25)20-6-3-2-4-7-22(20)31-24/h8-11H,2-7,12-15,17H2,1H3,(H,26,29). The summed E-state index contributed by atoms with van der Waals surface area (Å²) in [6.07, 6.45) is 6.51. The molecule has 1 fully saturated rings. The van der Waals surface area contributed by atoms with Gasteiger partial charge in [0, 0.05) is 36.7 Å². The molecule has 2 aromatic rings. The van der Waals surface area contributed by atoms with Gasteiger partial charge in [-0.25, -0.2) is 0 Å². The van der Waals surface area contributed by atoms with Crippen molar-refractivity contribution in [2.75, 3.05) is 50.1 Å². The topological polar surface area (TPSA) is 68.6 Å². The Labute approximate surface area is 188 Å². The number of nitrogens with zero attached hydrogens (tertiary/aromatic N) is 3. The van der Waals surface area contributed by atoms with E-state index in [-0.39, 0.29) is 5.91 Å². The number of fused-ring (bicyclic) bond motifs is 1. The van der Waals surface area contributed by atoms with Crippen molar-refractivity contribution in [1.29, 1.82) is 5.26 Å². The minimum atomic E-state index is -0.0224. The van der Waals surface area contributed by atoms with Gasteiger partial charge < -0.3 is 15.0 Å². The molecule has 0 unspecified atom stereocenters. The lowest BCUT2D eigenvalue weighted by atomic mass is 10.1. The van der Waals surface area contributed by atoms with Gasteiger partial charge in [0.2, 0.25) is 5.91 Å². The molecule has 1 aliphatic heterocycles. The lowest BCUT2D eigenvalue weighted by molar-refractivity contribution is -0.117. The minimum Gasteiger partial charge on any atom is -0.497 e. The minimum absolute atomic E-state index is 0.0224. The summed E-state index contributed by atoms with van der Waals surface area (Å²) in [4.78, 5) is 18.6. The number of hydrogen-bond donors (Lipinski definition) is 1. The van der Waals surface area contributed by atoms with E-state index in [1.54, 1.807) is 18.4 Å². The average Bonchev–Trinajstić information content (AvgIpc) is 2.96. The van der Waals surface area contributed by atoms with Crippen LogP contribution in [0.25, 0.3) is 0 Å². The third kappa shape index (κ3) is 5.20. The summed E-state index contributed by atoms with van der Waals surface area (Å²) in [5.74, 6) is 0.838. The van der Waals surface area contributed by atoms with Crippen molar-refractivity contribution in [1.82, 2.24) is 4.90 Å². The molecule has 0 radical (unpaired) electrons. The summed E-state index contributed by atoms with van der Waals surface area (Å²) < 4.78 is 5.25. The van der Waals surface area contributed by atoms with Gasteiger partial charge in [0.1, 0.15) is 16.8 Å². The summed E-state index contributed by atoms with van der Waals surface area (Å²) >= 11 is 1.60. The molecule has 7 heteroatoms. The summed E-state index contributed by atoms with van der Waals surface area (Å²) in [5.41, 5.74) is 3.05. The van der Waals surface area contributed by atoms with Gasteiger partial charge in [0.15, 0.2) is 0 Å². The number of thiophene rings is 1. The molecule has 6 nitrogen and oxygen atoms in total. The van der Waals surface area contributed by atoms with Crippen LogP contribution in [0.5, 0.6) is 5.75 Å². The van der Waals surface area contributed by atoms with Crippen LogP contribution < -0.4 is 15.0 Å². The van der Waals surface area contributed by atoms with Crippen LogP contribution in [0.2, 0.25) is 0 Å². The molecule has 31 heavy (non-hydrogen) atoms. The van der Waals surface area contributed by atoms with Crippen molar-refractivity contribution in [3.8, 4) is 11.8 Å². The number of aryl methyl sites for hydroxylation is 1. The first-order valence-electron chi connectivity index (χ1n) is 11.1. The second-order valence-corrected chi connectivity index (χ2v) is 9.35. The van der Waals surface area contributed by atoms with Crippen molar-refractivity contribution in [2.45, 2.75) is 38.5 Å². The fourth-order valence-corrected chi connectivity index (χ4v) is 5.75. The van der Waals surface area contributed by atoms with Crippen LogP contribution in [0.1, 0.15) is 41.7 Å². The molecule has 1 N–H and O–H groups in total. The van der Waals surface area contributed by atoms with E-state index < -0.39 is 0 Å². The van der Waals surface area contributed by atoms with E-state index in [1.807, 2.05) is 12.1 Å². The van der Waals surface area contributed by atoms with Gasteiger partial charge in [0.05, 0.1) is 19.2 Å². The van der Waals surface area contributed by atoms with E-state index in [1.165, 1.54) is 29.0 Å². The first kappa shape index (κ1) is 21.7. The number of methoxy groups -OCH3 is 1. The normalized spacial score (nSPS) is 17.2. The molecule has 4 rings (SSSR count). The Balaban J connectivity index is 1.34. The number of ether oxygens (including phenoxy) is 1. The fraction of sp³-hybridized carbons (Fsp3) is 0.500. The van der Waals surface area contributed by atoms with Crippen molar-refractivity contribution in [2.24, 2.45) is 0 Å². The largest absolute Gasteiger partial charge is 0.497 e. The first-order valence-corrected chi connectivity index (χ1v) is 12.0. The molecule has 2 aliphatic rings. The molecule has 0 spiro atoms. The Morgan fingerprint density at radius 3 is 2.68 bits per heavy atom. The molecule has 1 aliphatic carbocycles. The van der Waals surface area contributed by atoms with E-state index in [9.17, 15) is 10.1 Å². The zero-order valence-electron chi connectivity index (χ0n) is 18.2. The van der Waals surface area contributed by atoms with Gasteiger partial charge in [-0.3, -0.25) is 9.69 Å². The van der Waals surface area contributed by atoms with E-state index in [0.29, 0.717) is 12.1 Å². The van der Waals surface area contributed by atoms with Crippen LogP contribution in [0.15, 0.2) is 24.3 Å². The Hall–Kier alpha value is -2.56. The number of nitriles is 1. The van der Waals surface area contributed by atoms with Gasteiger partial charge in [0.25, 0.3) is 0 Å². The summed E-state index contributed by atoms with van der Waals surface area (Å²) in [6, 6.07) is 10.5. The van der Waals surface area contributed by atoms with Crippen molar-refractivity contribution in [3.63, 3.8) is 0 Å². The second-order valence-electron chi connectivity index (χ2n) is 8.24. The predicted octanol–water partition coefficient (Wildman–Crippen LogP) is 4.05. The molecule has 1 saturated heterocycles. The lowest BCUT2D eigenvalue weighted by Gasteiger charge is -2.23. The van der Waals surface area contributed by atoms with Gasteiger partial charge in [-0.1, -0.05) is 6.42 Å². The first-order chi connectivity index (χ1) is 15.2. The number of carbonyl (C=O) groups is 1. The zero-order valence-corrected chi connectivity index (χ0v) is 19.0. The second kappa shape index (κ2) is 10.2. The number of anilines is 2. The Kier molecular flexibility index (Phi) is 7.10. The van der Waals surface area contributed by atoms with Crippen LogP contribution in [-0.2, 0) is 17.6 Å². The van der Waals surface area contributed by atoms with Crippen LogP contribution in [0, 0.1) is 11.3 Å². The monoisotopic (exact) mass is 438 g/mol. The summed E-state index contributed by atoms with van der Waals surface area (Å²) in [6.45, 7) is 3.96. The van der Waals surface area contributed by atoms with Gasteiger partial charge >= 0.3 is 0 Å². The summed E-state index contributed by atoms with van der Waals surface area (Å²) in [7, 11) is 1.68. The van der Waals surface area contributed by atoms with Crippen LogP contribution in [0.4, 0.5) is 10.7 Å². The third-order valence-corrected chi connectivity index (χ3v) is 7.39. The number of nitrogens with one attached hydrogen (secondary N) is 1. The number of hydrogen-bond acceptors (Lipinski definition) is 6. The molecule has 0 atom stereocenters. The Morgan fingerprint density at radius 1 is 1.10 bits per heavy atom. The van der Waals surface area contributed by atoms with Crippen LogP contribution in [0.3, 0.4) is 0 Å². The molecule has 0 saturated carbocycles. The van der Waals surface area contributed by atoms with Crippen molar-refractivity contribution in [3.05, 3.63) is 40.3 Å². The van der Waals surface area contributed by atoms with E-state index in [4.69, 9.17) is 4.74 Å². The molecule has 1 amide bonds. The smallest absolute Gasteiger partial charge is 0.239 e. The van der Waals surface area contributed by atoms with Crippen molar-refractivity contribution < 1.29 is 9.53 Å². The lowest BCUT2D eigenvalue weighted by Crippen LogP contribution is -2.36. The molecule has 0 bridgehead atoms. The predicted molar refractivity (Wildman–Crippen MR) is 125 cm³/mol. The van der Waals surface area contributed by atoms with E-state index in [0.717, 1.165) is 62.6 Å². The molecule has 2 heterocycles. The van der Waals surface area contributed by atoms with Crippen LogP contribution >= 0.6 is 11.3 Å². The Bertz CT molecular complexity index is 948. The molecule has 1 aromatic heterocycles. The summed E-state index contributed by atoms with van der Waals surface area (Å²) in [5, 5.41) is 13.5. The van der Waals surface area contributed by atoms with E-state index in [2.05, 4.69) is 33.3 Å². The quantitative estimate of drug-likeness (QED) is 0.714. The number of benzene rings is 1. The molecule has 164 valence electrons. The molecule has 1 aromatic carbocycles. The van der Waals surface area contributed by atoms with E-state index >= 15 is 0 Å². The van der Waals surface area contributed by atoms with Crippen LogP contribution in [-0.4, -0.2) is 50.6 Å². The maximum absolute atomic E-state index is 12.8. The molecular weight excluding hydrogens is 408 g/mol. The number of carbonyl (C=O) groups excluding carboxylic acids is 1. The van der Waals surface area contributed by atoms with Gasteiger partial charge in [-0.05, 0) is 61.9 Å². The van der Waals surface area contributed by atoms with Gasteiger partial charge in [-0.15, -0.1) is 11.3 Å². The highest BCUT2D eigenvalue weighted by molar-refractivity contribution is 7.16. The third-order valence-electron chi connectivity index (χ3n) is 6.18.